The number of fused-ring (bicyclic) bond motifs is 1. The number of imide groups is 1. The van der Waals surface area contributed by atoms with E-state index >= 15 is 0 Å². The molecule has 7 nitrogen and oxygen atoms in total. The summed E-state index contributed by atoms with van der Waals surface area (Å²) in [7, 11) is 1.60. The molecule has 4 rings (SSSR count). The standard InChI is InChI=1S/C24H23N3O4/c1-15-6-4-5-7-20(15)25-21(28)14-27-22(29)24(2,26-23(27)30)18-10-8-17-13-19(31-3)11-9-16(17)12-18/h4-13H,14H2,1-3H3,(H,25,28)(H,26,30)/t24-/m1/s1. The first-order valence-electron chi connectivity index (χ1n) is 9.90. The zero-order valence-corrected chi connectivity index (χ0v) is 17.6. The summed E-state index contributed by atoms with van der Waals surface area (Å²) < 4.78 is 5.25. The second-order valence-corrected chi connectivity index (χ2v) is 7.74. The highest BCUT2D eigenvalue weighted by atomic mass is 16.5. The van der Waals surface area contributed by atoms with Gasteiger partial charge in [-0.25, -0.2) is 4.79 Å². The first-order chi connectivity index (χ1) is 14.8. The van der Waals surface area contributed by atoms with Crippen molar-refractivity contribution in [3.8, 4) is 5.75 Å². The summed E-state index contributed by atoms with van der Waals surface area (Å²) in [5, 5.41) is 7.37. The Balaban J connectivity index is 1.56. The van der Waals surface area contributed by atoms with Gasteiger partial charge >= 0.3 is 6.03 Å². The van der Waals surface area contributed by atoms with Crippen molar-refractivity contribution in [2.75, 3.05) is 19.0 Å². The van der Waals surface area contributed by atoms with Gasteiger partial charge in [0.1, 0.15) is 17.8 Å². The van der Waals surface area contributed by atoms with Gasteiger partial charge in [-0.3, -0.25) is 14.5 Å². The average molecular weight is 417 g/mol. The maximum atomic E-state index is 13.2. The lowest BCUT2D eigenvalue weighted by atomic mass is 9.90. The molecule has 3 aromatic carbocycles. The minimum atomic E-state index is -1.26. The minimum absolute atomic E-state index is 0.362. The summed E-state index contributed by atoms with van der Waals surface area (Å²) in [4.78, 5) is 39.2. The summed E-state index contributed by atoms with van der Waals surface area (Å²) in [6.45, 7) is 3.16. The normalized spacial score (nSPS) is 18.2. The van der Waals surface area contributed by atoms with Crippen molar-refractivity contribution in [3.05, 3.63) is 71.8 Å². The summed E-state index contributed by atoms with van der Waals surface area (Å²) in [6.07, 6.45) is 0. The predicted octanol–water partition coefficient (Wildman–Crippen LogP) is 3.56. The number of carbonyl (C=O) groups is 3. The third-order valence-corrected chi connectivity index (χ3v) is 5.62. The van der Waals surface area contributed by atoms with E-state index in [-0.39, 0.29) is 6.54 Å². The van der Waals surface area contributed by atoms with Gasteiger partial charge in [-0.2, -0.15) is 0 Å². The van der Waals surface area contributed by atoms with E-state index in [9.17, 15) is 14.4 Å². The zero-order chi connectivity index (χ0) is 22.2. The van der Waals surface area contributed by atoms with Gasteiger partial charge in [-0.05, 0) is 60.0 Å². The number of para-hydroxylation sites is 1. The molecule has 1 fully saturated rings. The minimum Gasteiger partial charge on any atom is -0.497 e. The number of rotatable bonds is 5. The van der Waals surface area contributed by atoms with E-state index in [1.165, 1.54) is 0 Å². The van der Waals surface area contributed by atoms with Crippen LogP contribution in [0.1, 0.15) is 18.1 Å². The van der Waals surface area contributed by atoms with Crippen LogP contribution in [0, 0.1) is 6.92 Å². The van der Waals surface area contributed by atoms with E-state index in [1.807, 2.05) is 55.5 Å². The largest absolute Gasteiger partial charge is 0.497 e. The zero-order valence-electron chi connectivity index (χ0n) is 17.6. The SMILES string of the molecule is COc1ccc2cc([C@@]3(C)NC(=O)N(CC(=O)Nc4ccccc4C)C3=O)ccc2c1. The van der Waals surface area contributed by atoms with Crippen molar-refractivity contribution in [3.63, 3.8) is 0 Å². The molecule has 1 aliphatic heterocycles. The number of benzene rings is 3. The molecule has 0 saturated carbocycles. The average Bonchev–Trinajstić information content (AvgIpc) is 2.98. The van der Waals surface area contributed by atoms with Crippen LogP contribution in [-0.2, 0) is 15.1 Å². The molecule has 0 bridgehead atoms. The van der Waals surface area contributed by atoms with Gasteiger partial charge in [0.15, 0.2) is 0 Å². The van der Waals surface area contributed by atoms with Crippen LogP contribution in [0.3, 0.4) is 0 Å². The highest BCUT2D eigenvalue weighted by Gasteiger charge is 2.49. The van der Waals surface area contributed by atoms with Gasteiger partial charge in [0.05, 0.1) is 7.11 Å². The van der Waals surface area contributed by atoms with Gasteiger partial charge in [0.25, 0.3) is 5.91 Å². The van der Waals surface area contributed by atoms with Crippen molar-refractivity contribution < 1.29 is 19.1 Å². The molecule has 1 saturated heterocycles. The fourth-order valence-corrected chi connectivity index (χ4v) is 3.74. The Bertz CT molecular complexity index is 1210. The number of urea groups is 1. The molecule has 2 N–H and O–H groups in total. The van der Waals surface area contributed by atoms with Gasteiger partial charge in [0.2, 0.25) is 5.91 Å². The Labute approximate surface area is 180 Å². The first-order valence-corrected chi connectivity index (χ1v) is 9.90. The highest BCUT2D eigenvalue weighted by molar-refractivity contribution is 6.10. The number of hydrogen-bond donors (Lipinski definition) is 2. The molecule has 1 atom stereocenters. The number of nitrogens with one attached hydrogen (secondary N) is 2. The van der Waals surface area contributed by atoms with Crippen LogP contribution in [0.5, 0.6) is 5.75 Å². The molecule has 1 heterocycles. The Kier molecular flexibility index (Phi) is 5.10. The lowest BCUT2D eigenvalue weighted by Crippen LogP contribution is -2.42. The van der Waals surface area contributed by atoms with Crippen molar-refractivity contribution in [2.45, 2.75) is 19.4 Å². The van der Waals surface area contributed by atoms with Crippen LogP contribution in [0.25, 0.3) is 10.8 Å². The maximum Gasteiger partial charge on any atom is 0.325 e. The van der Waals surface area contributed by atoms with Crippen molar-refractivity contribution >= 4 is 34.3 Å². The van der Waals surface area contributed by atoms with E-state index in [4.69, 9.17) is 4.74 Å². The number of hydrogen-bond acceptors (Lipinski definition) is 4. The Morgan fingerprint density at radius 2 is 1.77 bits per heavy atom. The molecule has 158 valence electrons. The second-order valence-electron chi connectivity index (χ2n) is 7.74. The Morgan fingerprint density at radius 3 is 2.52 bits per heavy atom. The molecule has 0 aliphatic carbocycles. The summed E-state index contributed by atoms with van der Waals surface area (Å²) in [6, 6.07) is 17.9. The van der Waals surface area contributed by atoms with Crippen LogP contribution < -0.4 is 15.4 Å². The van der Waals surface area contributed by atoms with E-state index in [0.29, 0.717) is 11.3 Å². The molecular weight excluding hydrogens is 394 g/mol. The number of methoxy groups -OCH3 is 1. The molecule has 0 radical (unpaired) electrons. The highest BCUT2D eigenvalue weighted by Crippen LogP contribution is 2.32. The topological polar surface area (TPSA) is 87.7 Å². The monoisotopic (exact) mass is 417 g/mol. The molecule has 31 heavy (non-hydrogen) atoms. The fourth-order valence-electron chi connectivity index (χ4n) is 3.74. The Hall–Kier alpha value is -3.87. The third kappa shape index (κ3) is 3.70. The maximum absolute atomic E-state index is 13.2. The quantitative estimate of drug-likeness (QED) is 0.622. The Morgan fingerprint density at radius 1 is 1.06 bits per heavy atom. The van der Waals surface area contributed by atoms with Crippen molar-refractivity contribution in [2.24, 2.45) is 0 Å². The van der Waals surface area contributed by atoms with E-state index in [0.717, 1.165) is 27.0 Å². The molecule has 0 aromatic heterocycles. The third-order valence-electron chi connectivity index (χ3n) is 5.62. The van der Waals surface area contributed by atoms with Gasteiger partial charge < -0.3 is 15.4 Å². The number of nitrogens with zero attached hydrogens (tertiary/aromatic N) is 1. The van der Waals surface area contributed by atoms with Crippen molar-refractivity contribution in [1.29, 1.82) is 0 Å². The molecule has 0 unspecified atom stereocenters. The van der Waals surface area contributed by atoms with E-state index in [1.54, 1.807) is 26.2 Å². The van der Waals surface area contributed by atoms with Crippen molar-refractivity contribution in [1.82, 2.24) is 10.2 Å². The number of amides is 4. The number of anilines is 1. The van der Waals surface area contributed by atoms with Gasteiger partial charge in [-0.1, -0.05) is 36.4 Å². The van der Waals surface area contributed by atoms with Gasteiger partial charge in [0, 0.05) is 5.69 Å². The summed E-state index contributed by atoms with van der Waals surface area (Å²) in [5.74, 6) is -0.166. The molecule has 0 spiro atoms. The van der Waals surface area contributed by atoms with E-state index in [2.05, 4.69) is 10.6 Å². The molecule has 4 amide bonds. The predicted molar refractivity (Wildman–Crippen MR) is 118 cm³/mol. The number of carbonyl (C=O) groups excluding carboxylic acids is 3. The van der Waals surface area contributed by atoms with Crippen LogP contribution >= 0.6 is 0 Å². The molecular formula is C24H23N3O4. The molecule has 3 aromatic rings. The van der Waals surface area contributed by atoms with E-state index < -0.39 is 23.4 Å². The smallest absolute Gasteiger partial charge is 0.325 e. The van der Waals surface area contributed by atoms with Crippen LogP contribution in [0.15, 0.2) is 60.7 Å². The number of ether oxygens (including phenoxy) is 1. The van der Waals surface area contributed by atoms with Crippen LogP contribution in [-0.4, -0.2) is 36.4 Å². The first kappa shape index (κ1) is 20.4. The summed E-state index contributed by atoms with van der Waals surface area (Å²) in [5.41, 5.74) is 0.928. The van der Waals surface area contributed by atoms with Crippen LogP contribution in [0.2, 0.25) is 0 Å². The van der Waals surface area contributed by atoms with Gasteiger partial charge in [-0.15, -0.1) is 0 Å². The molecule has 7 heteroatoms. The fraction of sp³-hybridized carbons (Fsp3) is 0.208. The lowest BCUT2D eigenvalue weighted by Gasteiger charge is -2.22. The lowest BCUT2D eigenvalue weighted by molar-refractivity contribution is -0.133. The summed E-state index contributed by atoms with van der Waals surface area (Å²) >= 11 is 0. The molecule has 1 aliphatic rings. The number of aryl methyl sites for hydroxylation is 1. The second kappa shape index (κ2) is 7.75. The van der Waals surface area contributed by atoms with Crippen LogP contribution in [0.4, 0.5) is 10.5 Å².